The van der Waals surface area contributed by atoms with Gasteiger partial charge in [-0.2, -0.15) is 0 Å². The summed E-state index contributed by atoms with van der Waals surface area (Å²) in [6, 6.07) is 17.6. The average Bonchev–Trinajstić information content (AvgIpc) is 2.79. The van der Waals surface area contributed by atoms with E-state index in [4.69, 9.17) is 4.74 Å². The smallest absolute Gasteiger partial charge is 0.123 e. The van der Waals surface area contributed by atoms with Gasteiger partial charge in [0.25, 0.3) is 0 Å². The Labute approximate surface area is 166 Å². The van der Waals surface area contributed by atoms with E-state index in [1.165, 1.54) is 12.0 Å². The number of piperidine rings is 1. The average molecular weight is 374 g/mol. The maximum absolute atomic E-state index is 5.60. The first-order valence-corrected chi connectivity index (χ1v) is 9.79. The Hall–Kier alpha value is -2.76. The number of hydrogen-bond donors (Lipinski definition) is 2. The molecule has 2 N–H and O–H groups in total. The van der Waals surface area contributed by atoms with Crippen LogP contribution in [-0.2, 0) is 6.54 Å². The second kappa shape index (κ2) is 8.95. The molecule has 2 atom stereocenters. The molecule has 5 nitrogen and oxygen atoms in total. The quantitative estimate of drug-likeness (QED) is 0.688. The summed E-state index contributed by atoms with van der Waals surface area (Å²) >= 11 is 0. The fourth-order valence-electron chi connectivity index (χ4n) is 3.90. The van der Waals surface area contributed by atoms with Gasteiger partial charge in [0.1, 0.15) is 12.1 Å². The summed E-state index contributed by atoms with van der Waals surface area (Å²) in [6.45, 7) is 1.81. The standard InChI is InChI=1S/C23H26N4O/c1-28-22-10-9-18(20-13-24-16-25-14-20)12-19(22)15-27-21-8-5-11-26-23(21)17-6-3-2-4-7-17/h2-4,6-7,9-10,12-14,16,21,23,26-27H,5,8,11,15H2,1H3. The molecule has 0 aliphatic carbocycles. The van der Waals surface area contributed by atoms with Gasteiger partial charge in [-0.25, -0.2) is 9.97 Å². The van der Waals surface area contributed by atoms with Crippen LogP contribution in [0.1, 0.15) is 30.0 Å². The fourth-order valence-corrected chi connectivity index (χ4v) is 3.90. The van der Waals surface area contributed by atoms with Gasteiger partial charge >= 0.3 is 0 Å². The summed E-state index contributed by atoms with van der Waals surface area (Å²) in [5.74, 6) is 0.896. The predicted molar refractivity (Wildman–Crippen MR) is 111 cm³/mol. The minimum atomic E-state index is 0.326. The SMILES string of the molecule is COc1ccc(-c2cncnc2)cc1CNC1CCCNC1c1ccccc1. The molecule has 1 saturated heterocycles. The Morgan fingerprint density at radius 2 is 1.89 bits per heavy atom. The second-order valence-corrected chi connectivity index (χ2v) is 7.13. The first-order chi connectivity index (χ1) is 13.8. The molecule has 1 aliphatic rings. The summed E-state index contributed by atoms with van der Waals surface area (Å²) in [5, 5.41) is 7.44. The molecule has 0 amide bonds. The molecule has 1 aliphatic heterocycles. The van der Waals surface area contributed by atoms with Crippen LogP contribution < -0.4 is 15.4 Å². The molecule has 0 bridgehead atoms. The second-order valence-electron chi connectivity index (χ2n) is 7.13. The van der Waals surface area contributed by atoms with Gasteiger partial charge in [0, 0.05) is 42.1 Å². The predicted octanol–water partition coefficient (Wildman–Crippen LogP) is 3.74. The van der Waals surface area contributed by atoms with Crippen LogP contribution in [0.5, 0.6) is 5.75 Å². The Kier molecular flexibility index (Phi) is 5.95. The van der Waals surface area contributed by atoms with E-state index < -0.39 is 0 Å². The Morgan fingerprint density at radius 3 is 2.68 bits per heavy atom. The normalized spacial score (nSPS) is 19.3. The molecule has 144 valence electrons. The van der Waals surface area contributed by atoms with E-state index in [2.05, 4.69) is 63.1 Å². The summed E-state index contributed by atoms with van der Waals surface area (Å²) in [7, 11) is 1.72. The lowest BCUT2D eigenvalue weighted by Crippen LogP contribution is -2.45. The van der Waals surface area contributed by atoms with E-state index in [-0.39, 0.29) is 0 Å². The zero-order valence-corrected chi connectivity index (χ0v) is 16.1. The van der Waals surface area contributed by atoms with E-state index in [1.807, 2.05) is 18.5 Å². The van der Waals surface area contributed by atoms with Crippen molar-refractivity contribution in [2.75, 3.05) is 13.7 Å². The van der Waals surface area contributed by atoms with Gasteiger partial charge in [0.15, 0.2) is 0 Å². The molecule has 0 spiro atoms. The van der Waals surface area contributed by atoms with Crippen LogP contribution >= 0.6 is 0 Å². The molecular formula is C23H26N4O. The highest BCUT2D eigenvalue weighted by Crippen LogP contribution is 2.28. The van der Waals surface area contributed by atoms with Crippen molar-refractivity contribution >= 4 is 0 Å². The van der Waals surface area contributed by atoms with Crippen LogP contribution in [0.4, 0.5) is 0 Å². The van der Waals surface area contributed by atoms with Crippen molar-refractivity contribution in [3.8, 4) is 16.9 Å². The van der Waals surface area contributed by atoms with E-state index in [0.717, 1.165) is 42.0 Å². The first kappa shape index (κ1) is 18.6. The van der Waals surface area contributed by atoms with Gasteiger partial charge in [-0.3, -0.25) is 0 Å². The lowest BCUT2D eigenvalue weighted by atomic mass is 9.92. The van der Waals surface area contributed by atoms with Crippen LogP contribution in [0.2, 0.25) is 0 Å². The van der Waals surface area contributed by atoms with Crippen molar-refractivity contribution in [2.45, 2.75) is 31.5 Å². The highest BCUT2D eigenvalue weighted by Gasteiger charge is 2.25. The third-order valence-electron chi connectivity index (χ3n) is 5.35. The van der Waals surface area contributed by atoms with E-state index in [9.17, 15) is 0 Å². The summed E-state index contributed by atoms with van der Waals surface area (Å²) in [6.07, 6.45) is 7.56. The number of methoxy groups -OCH3 is 1. The molecule has 28 heavy (non-hydrogen) atoms. The van der Waals surface area contributed by atoms with Crippen LogP contribution in [0.15, 0.2) is 67.3 Å². The van der Waals surface area contributed by atoms with Gasteiger partial charge in [-0.1, -0.05) is 36.4 Å². The third-order valence-corrected chi connectivity index (χ3v) is 5.35. The number of rotatable bonds is 6. The van der Waals surface area contributed by atoms with Crippen molar-refractivity contribution in [3.05, 3.63) is 78.4 Å². The minimum Gasteiger partial charge on any atom is -0.496 e. The summed E-state index contributed by atoms with van der Waals surface area (Å²) in [4.78, 5) is 8.26. The molecule has 1 fully saturated rings. The largest absolute Gasteiger partial charge is 0.496 e. The lowest BCUT2D eigenvalue weighted by Gasteiger charge is -2.34. The van der Waals surface area contributed by atoms with E-state index in [1.54, 1.807) is 13.4 Å². The maximum Gasteiger partial charge on any atom is 0.123 e. The number of nitrogens with one attached hydrogen (secondary N) is 2. The molecule has 0 radical (unpaired) electrons. The number of nitrogens with zero attached hydrogens (tertiary/aromatic N) is 2. The maximum atomic E-state index is 5.60. The zero-order valence-electron chi connectivity index (χ0n) is 16.1. The van der Waals surface area contributed by atoms with Crippen molar-refractivity contribution < 1.29 is 4.74 Å². The molecule has 2 unspecified atom stereocenters. The lowest BCUT2D eigenvalue weighted by molar-refractivity contribution is 0.303. The van der Waals surface area contributed by atoms with Gasteiger partial charge in [0.05, 0.1) is 7.11 Å². The van der Waals surface area contributed by atoms with Crippen LogP contribution in [0.3, 0.4) is 0 Å². The highest BCUT2D eigenvalue weighted by atomic mass is 16.5. The van der Waals surface area contributed by atoms with Gasteiger partial charge in [0.2, 0.25) is 0 Å². The van der Waals surface area contributed by atoms with Crippen molar-refractivity contribution in [1.82, 2.24) is 20.6 Å². The van der Waals surface area contributed by atoms with Gasteiger partial charge < -0.3 is 15.4 Å². The molecule has 5 heteroatoms. The van der Waals surface area contributed by atoms with Gasteiger partial charge in [-0.15, -0.1) is 0 Å². The third kappa shape index (κ3) is 4.21. The molecule has 3 aromatic rings. The monoisotopic (exact) mass is 374 g/mol. The molecule has 4 rings (SSSR count). The molecule has 2 heterocycles. The fraction of sp³-hybridized carbons (Fsp3) is 0.304. The number of aromatic nitrogens is 2. The molecule has 0 saturated carbocycles. The van der Waals surface area contributed by atoms with Crippen LogP contribution in [-0.4, -0.2) is 29.7 Å². The first-order valence-electron chi connectivity index (χ1n) is 9.79. The van der Waals surface area contributed by atoms with E-state index >= 15 is 0 Å². The Morgan fingerprint density at radius 1 is 1.07 bits per heavy atom. The topological polar surface area (TPSA) is 59.1 Å². The molecule has 1 aromatic heterocycles. The summed E-state index contributed by atoms with van der Waals surface area (Å²) in [5.41, 5.74) is 4.58. The minimum absolute atomic E-state index is 0.326. The summed E-state index contributed by atoms with van der Waals surface area (Å²) < 4.78 is 5.60. The number of benzene rings is 2. The number of ether oxygens (including phenoxy) is 1. The Bertz CT molecular complexity index is 886. The van der Waals surface area contributed by atoms with Crippen molar-refractivity contribution in [1.29, 1.82) is 0 Å². The van der Waals surface area contributed by atoms with Gasteiger partial charge in [-0.05, 0) is 42.6 Å². The highest BCUT2D eigenvalue weighted by molar-refractivity contribution is 5.64. The van der Waals surface area contributed by atoms with Crippen LogP contribution in [0.25, 0.3) is 11.1 Å². The van der Waals surface area contributed by atoms with Crippen molar-refractivity contribution in [2.24, 2.45) is 0 Å². The molecular weight excluding hydrogens is 348 g/mol. The Balaban J connectivity index is 1.53. The molecule has 2 aromatic carbocycles. The zero-order chi connectivity index (χ0) is 19.2. The van der Waals surface area contributed by atoms with E-state index in [0.29, 0.717) is 12.1 Å². The van der Waals surface area contributed by atoms with Crippen LogP contribution in [0, 0.1) is 0 Å². The number of hydrogen-bond acceptors (Lipinski definition) is 5. The van der Waals surface area contributed by atoms with Crippen molar-refractivity contribution in [3.63, 3.8) is 0 Å².